The van der Waals surface area contributed by atoms with Crippen molar-refractivity contribution in [3.05, 3.63) is 0 Å². The molecule has 4 amide bonds. The average molecular weight is 1410 g/mol. The normalized spacial score (nSPS) is 42.3. The average Bonchev–Trinajstić information content (AvgIpc) is 0.760. The van der Waals surface area contributed by atoms with Gasteiger partial charge in [0.25, 0.3) is 11.6 Å². The maximum Gasteiger partial charge on any atom is 0.397 e. The molecule has 6 rings (SSSR count). The lowest BCUT2D eigenvalue weighted by Gasteiger charge is -2.51. The van der Waals surface area contributed by atoms with E-state index < -0.39 is 294 Å². The van der Waals surface area contributed by atoms with Crippen LogP contribution in [0.25, 0.3) is 0 Å². The molecule has 24 N–H and O–H groups in total. The van der Waals surface area contributed by atoms with E-state index in [-0.39, 0.29) is 0 Å². The zero-order valence-corrected chi connectivity index (χ0v) is 51.3. The van der Waals surface area contributed by atoms with Crippen LogP contribution in [0.4, 0.5) is 0 Å². The molecule has 548 valence electrons. The molecule has 95 heavy (non-hydrogen) atoms. The highest BCUT2D eigenvalue weighted by molar-refractivity contribution is 7.80. The van der Waals surface area contributed by atoms with Crippen LogP contribution in [0.5, 0.6) is 0 Å². The summed E-state index contributed by atoms with van der Waals surface area (Å²) in [5.41, 5.74) is 0. The topological polar surface area (TPSA) is 700 Å². The first-order valence-corrected chi connectivity index (χ1v) is 30.4. The van der Waals surface area contributed by atoms with E-state index in [1.54, 1.807) is 0 Å². The summed E-state index contributed by atoms with van der Waals surface area (Å²) in [4.78, 5) is 75.8. The van der Waals surface area contributed by atoms with Crippen molar-refractivity contribution in [2.24, 2.45) is 0 Å². The van der Waals surface area contributed by atoms with Crippen LogP contribution in [-0.4, -0.2) is 380 Å². The lowest BCUT2D eigenvalue weighted by molar-refractivity contribution is -0.384. The molecule has 6 heterocycles. The summed E-state index contributed by atoms with van der Waals surface area (Å²) in [6.07, 6.45) is -60.6. The molecule has 0 bridgehead atoms. The van der Waals surface area contributed by atoms with E-state index in [0.717, 1.165) is 27.7 Å². The molecule has 6 aliphatic rings. The van der Waals surface area contributed by atoms with Crippen molar-refractivity contribution >= 4 is 46.0 Å². The zero-order chi connectivity index (χ0) is 71.3. The van der Waals surface area contributed by atoms with E-state index in [4.69, 9.17) is 52.1 Å². The van der Waals surface area contributed by atoms with Crippen LogP contribution in [0.3, 0.4) is 0 Å². The van der Waals surface area contributed by atoms with Crippen molar-refractivity contribution in [3.8, 4) is 0 Å². The lowest BCUT2D eigenvalue weighted by atomic mass is 9.88. The standard InChI is InChI=1S/C50H82N4O40S/c1-13(59)51-25-17(63)5-49(47(76)77,91-39(25)29(67)19(65)7-55)93-41-31(69)21(9-57)86-45(35(41)73)89-37-22(10-58)87-44(27(34(37)72)53-15(3)61)83-11-23-32(70)38(28(43(75)85-23)54-16(4)62)90-46-36(74)42(33(71)24(88-46)12-84-95(80,81)82)94-50(48(78)79)6-18(64)26(52-14(2)60)40(92-50)30(68)20(66)8-56/h17-46,55-58,63-75H,5-12H2,1-4H3,(H,51,59)(H,52,60)(H,53,61)(H,54,62)(H,76,77)(H,78,79)(H,80,81,82)/t17-,18-,19+,20+,21+,22+,23+,24+,25+,26+,27+,28+,29+,30+,31-,32-,33-,34+,35+,36+,37+,38+,39+,40+,41-,42-,43-,44+,45-,46-,49-,50-/m0/s1. The van der Waals surface area contributed by atoms with Gasteiger partial charge in [-0.05, 0) is 0 Å². The smallest absolute Gasteiger partial charge is 0.397 e. The van der Waals surface area contributed by atoms with Gasteiger partial charge in [-0.25, -0.2) is 13.8 Å². The fourth-order valence-electron chi connectivity index (χ4n) is 11.6. The quantitative estimate of drug-likeness (QED) is 0.0324. The van der Waals surface area contributed by atoms with Crippen LogP contribution in [0.15, 0.2) is 0 Å². The van der Waals surface area contributed by atoms with Crippen LogP contribution >= 0.6 is 0 Å². The Morgan fingerprint density at radius 1 is 0.484 bits per heavy atom. The zero-order valence-electron chi connectivity index (χ0n) is 50.5. The van der Waals surface area contributed by atoms with Crippen molar-refractivity contribution in [2.45, 2.75) is 236 Å². The molecule has 0 aliphatic carbocycles. The van der Waals surface area contributed by atoms with E-state index in [0.29, 0.717) is 0 Å². The van der Waals surface area contributed by atoms with Gasteiger partial charge in [-0.1, -0.05) is 0 Å². The SMILES string of the molecule is CC(=O)N[C@@H]1[C@@H](O[C@@H]2O[C@H](COS(=O)(=O)O)[C@H](O)[C@H](O[C@]3(C(=O)O)C[C@H](O)[C@@H](NC(C)=O)[C@H]([C@H](O)[C@H](O)CO)O3)[C@H]2O)[C@@H](O)[C@@H](CO[C@@H]2O[C@H](CO)[C@@H](O[C@@H]3O[C@H](CO)[C@H](O)[C@H](O[C@]4(C(=O)O)C[C@H](O)[C@@H](NC(C)=O)[C@H]([C@H](O)[C@H](O)CO)O4)[C@H]3O)[C@H](O)[C@H]2NC(C)=O)O[C@@H]1O. The second kappa shape index (κ2) is 33.2. The van der Waals surface area contributed by atoms with Crippen LogP contribution in [-0.2, 0) is 95.5 Å². The Morgan fingerprint density at radius 3 is 1.27 bits per heavy atom. The van der Waals surface area contributed by atoms with Gasteiger partial charge in [0.2, 0.25) is 23.6 Å². The van der Waals surface area contributed by atoms with E-state index in [1.165, 1.54) is 0 Å². The number of ether oxygens (including phenoxy) is 11. The number of carbonyl (C=O) groups is 6. The fraction of sp³-hybridized carbons (Fsp3) is 0.880. The van der Waals surface area contributed by atoms with Gasteiger partial charge in [-0.3, -0.25) is 23.7 Å². The van der Waals surface area contributed by atoms with Crippen LogP contribution in [0.1, 0.15) is 40.5 Å². The number of hydrogen-bond donors (Lipinski definition) is 24. The third kappa shape index (κ3) is 18.5. The van der Waals surface area contributed by atoms with Gasteiger partial charge in [-0.2, -0.15) is 8.42 Å². The molecule has 0 aromatic rings. The molecule has 45 heteroatoms. The molecule has 0 unspecified atom stereocenters. The molecule has 6 fully saturated rings. The minimum Gasteiger partial charge on any atom is -0.477 e. The van der Waals surface area contributed by atoms with Gasteiger partial charge in [0.1, 0.15) is 134 Å². The summed E-state index contributed by atoms with van der Waals surface area (Å²) in [6.45, 7) is -3.55. The van der Waals surface area contributed by atoms with Crippen LogP contribution in [0, 0.1) is 0 Å². The Morgan fingerprint density at radius 2 is 0.863 bits per heavy atom. The molecule has 6 saturated heterocycles. The minimum atomic E-state index is -5.45. The van der Waals surface area contributed by atoms with Gasteiger partial charge in [0, 0.05) is 40.5 Å². The number of aliphatic hydroxyl groups is 17. The van der Waals surface area contributed by atoms with Crippen LogP contribution < -0.4 is 21.3 Å². The molecule has 44 nitrogen and oxygen atoms in total. The van der Waals surface area contributed by atoms with E-state index in [1.807, 2.05) is 0 Å². The van der Waals surface area contributed by atoms with Gasteiger partial charge in [-0.15, -0.1) is 0 Å². The monoisotopic (exact) mass is 1410 g/mol. The van der Waals surface area contributed by atoms with Crippen molar-refractivity contribution in [1.29, 1.82) is 0 Å². The van der Waals surface area contributed by atoms with Gasteiger partial charge in [0.05, 0.1) is 63.9 Å². The van der Waals surface area contributed by atoms with Crippen molar-refractivity contribution < 1.29 is 195 Å². The highest BCUT2D eigenvalue weighted by Crippen LogP contribution is 2.41. The van der Waals surface area contributed by atoms with Gasteiger partial charge >= 0.3 is 22.3 Å². The van der Waals surface area contributed by atoms with Gasteiger partial charge in [0.15, 0.2) is 25.2 Å². The van der Waals surface area contributed by atoms with Crippen molar-refractivity contribution in [3.63, 3.8) is 0 Å². The first-order valence-electron chi connectivity index (χ1n) is 29.0. The molecule has 0 saturated carbocycles. The Balaban J connectivity index is 1.26. The highest BCUT2D eigenvalue weighted by atomic mass is 32.3. The Labute approximate surface area is 536 Å². The van der Waals surface area contributed by atoms with Crippen LogP contribution in [0.2, 0.25) is 0 Å². The third-order valence-electron chi connectivity index (χ3n) is 16.2. The predicted octanol–water partition coefficient (Wildman–Crippen LogP) is -15.3. The van der Waals surface area contributed by atoms with Crippen molar-refractivity contribution in [2.75, 3.05) is 39.6 Å². The van der Waals surface area contributed by atoms with E-state index >= 15 is 0 Å². The predicted molar refractivity (Wildman–Crippen MR) is 290 cm³/mol. The number of carboxylic acids is 2. The number of aliphatic hydroxyl groups excluding tert-OH is 17. The summed E-state index contributed by atoms with van der Waals surface area (Å²) in [5.74, 6) is -14.6. The maximum atomic E-state index is 13.2. The van der Waals surface area contributed by atoms with E-state index in [2.05, 4.69) is 25.5 Å². The van der Waals surface area contributed by atoms with Gasteiger partial charge < -0.3 is 170 Å². The number of carbonyl (C=O) groups excluding carboxylic acids is 4. The second-order valence-electron chi connectivity index (χ2n) is 23.1. The molecule has 0 aromatic heterocycles. The maximum absolute atomic E-state index is 13.2. The number of amides is 4. The Hall–Kier alpha value is -4.43. The molecular formula is C50H82N4O40S. The second-order valence-corrected chi connectivity index (χ2v) is 24.2. The molecular weight excluding hydrogens is 1330 g/mol. The summed E-state index contributed by atoms with van der Waals surface area (Å²) >= 11 is 0. The lowest BCUT2D eigenvalue weighted by Crippen LogP contribution is -2.71. The molecule has 0 aromatic carbocycles. The highest BCUT2D eigenvalue weighted by Gasteiger charge is 2.63. The number of hydrogen-bond acceptors (Lipinski definition) is 37. The minimum absolute atomic E-state index is 0.855. The Kier molecular flexibility index (Phi) is 27.8. The van der Waals surface area contributed by atoms with Crippen molar-refractivity contribution in [1.82, 2.24) is 21.3 Å². The molecule has 32 atom stereocenters. The molecule has 0 spiro atoms. The number of nitrogens with one attached hydrogen (secondary N) is 4. The third-order valence-corrected chi connectivity index (χ3v) is 16.6. The largest absolute Gasteiger partial charge is 0.477 e. The molecule has 0 radical (unpaired) electrons. The molecule has 6 aliphatic heterocycles. The number of carboxylic acid groups (broad SMARTS) is 2. The number of rotatable bonds is 28. The summed E-state index contributed by atoms with van der Waals surface area (Å²) in [7, 11) is -5.45. The fourth-order valence-corrected chi connectivity index (χ4v) is 11.9. The Bertz CT molecular complexity index is 2710. The first kappa shape index (κ1) is 79.6. The summed E-state index contributed by atoms with van der Waals surface area (Å²) in [6, 6.07) is -7.34. The van der Waals surface area contributed by atoms with E-state index in [9.17, 15) is 139 Å². The number of aliphatic carboxylic acids is 2. The summed E-state index contributed by atoms with van der Waals surface area (Å²) in [5, 5.41) is 217. The summed E-state index contributed by atoms with van der Waals surface area (Å²) < 4.78 is 100. The first-order chi connectivity index (χ1) is 44.3.